The van der Waals surface area contributed by atoms with Crippen molar-refractivity contribution in [3.63, 3.8) is 0 Å². The Kier molecular flexibility index (Phi) is 8.32. The predicted molar refractivity (Wildman–Crippen MR) is 131 cm³/mol. The summed E-state index contributed by atoms with van der Waals surface area (Å²) in [5.41, 5.74) is 3.30. The van der Waals surface area contributed by atoms with Gasteiger partial charge in [0.25, 0.3) is 15.9 Å². The topological polar surface area (TPSA) is 88.1 Å². The normalized spacial score (nSPS) is 11.4. The molecule has 3 aromatic rings. The first-order valence-electron chi connectivity index (χ1n) is 9.89. The highest BCUT2D eigenvalue weighted by Gasteiger charge is 2.27. The third kappa shape index (κ3) is 6.47. The summed E-state index contributed by atoms with van der Waals surface area (Å²) >= 11 is 11.8. The predicted octanol–water partition coefficient (Wildman–Crippen LogP) is 4.74. The highest BCUT2D eigenvalue weighted by molar-refractivity contribution is 7.92. The molecular formula is C23H21Cl2N3O4S. The van der Waals surface area contributed by atoms with Crippen LogP contribution in [0.25, 0.3) is 0 Å². The van der Waals surface area contributed by atoms with Crippen molar-refractivity contribution in [2.45, 2.75) is 11.8 Å². The van der Waals surface area contributed by atoms with Gasteiger partial charge in [0.15, 0.2) is 0 Å². The minimum atomic E-state index is -4.04. The Hall–Kier alpha value is -3.07. The van der Waals surface area contributed by atoms with Gasteiger partial charge >= 0.3 is 0 Å². The van der Waals surface area contributed by atoms with Crippen molar-refractivity contribution in [1.82, 2.24) is 5.43 Å². The van der Waals surface area contributed by atoms with Crippen LogP contribution in [0, 0.1) is 0 Å². The van der Waals surface area contributed by atoms with Crippen molar-refractivity contribution in [3.8, 4) is 5.75 Å². The number of hydrazone groups is 1. The average molecular weight is 506 g/mol. The quantitative estimate of drug-likeness (QED) is 0.336. The summed E-state index contributed by atoms with van der Waals surface area (Å²) in [5.74, 6) is -0.0678. The second-order valence-electron chi connectivity index (χ2n) is 6.72. The van der Waals surface area contributed by atoms with E-state index >= 15 is 0 Å². The van der Waals surface area contributed by atoms with Gasteiger partial charge in [-0.15, -0.1) is 0 Å². The number of anilines is 1. The molecule has 7 nitrogen and oxygen atoms in total. The molecule has 0 unspecified atom stereocenters. The lowest BCUT2D eigenvalue weighted by atomic mass is 10.2. The number of halogens is 2. The van der Waals surface area contributed by atoms with Gasteiger partial charge in [-0.2, -0.15) is 5.10 Å². The standard InChI is InChI=1S/C23H21Cl2N3O4S/c1-2-32-19-9-11-20(12-10-19)33(30,31)28(18-6-4-3-5-7-18)16-23(29)27-26-15-17-8-13-21(24)22(25)14-17/h3-15H,2,16H2,1H3,(H,27,29)/b26-15-. The van der Waals surface area contributed by atoms with Gasteiger partial charge in [0.05, 0.1) is 33.4 Å². The van der Waals surface area contributed by atoms with Crippen molar-refractivity contribution in [2.75, 3.05) is 17.5 Å². The SMILES string of the molecule is CCOc1ccc(S(=O)(=O)N(CC(=O)N/N=C\c2ccc(Cl)c(Cl)c2)c2ccccc2)cc1. The van der Waals surface area contributed by atoms with Gasteiger partial charge in [0, 0.05) is 0 Å². The number of nitrogens with zero attached hydrogens (tertiary/aromatic N) is 2. The summed E-state index contributed by atoms with van der Waals surface area (Å²) in [7, 11) is -4.04. The van der Waals surface area contributed by atoms with Gasteiger partial charge in [0.1, 0.15) is 12.3 Å². The number of amides is 1. The molecule has 0 bridgehead atoms. The number of sulfonamides is 1. The molecule has 0 aromatic heterocycles. The Balaban J connectivity index is 1.80. The molecule has 0 saturated heterocycles. The first-order valence-corrected chi connectivity index (χ1v) is 12.1. The second-order valence-corrected chi connectivity index (χ2v) is 9.40. The van der Waals surface area contributed by atoms with Gasteiger partial charge in [-0.05, 0) is 61.0 Å². The lowest BCUT2D eigenvalue weighted by Crippen LogP contribution is -2.39. The Morgan fingerprint density at radius 1 is 1.03 bits per heavy atom. The van der Waals surface area contributed by atoms with Crippen molar-refractivity contribution < 1.29 is 17.9 Å². The molecule has 0 spiro atoms. The van der Waals surface area contributed by atoms with Gasteiger partial charge in [0.2, 0.25) is 0 Å². The van der Waals surface area contributed by atoms with Gasteiger partial charge < -0.3 is 4.74 Å². The summed E-state index contributed by atoms with van der Waals surface area (Å²) in [5, 5.41) is 4.63. The van der Waals surface area contributed by atoms with Crippen molar-refractivity contribution in [1.29, 1.82) is 0 Å². The smallest absolute Gasteiger partial charge is 0.264 e. The first kappa shape index (κ1) is 24.6. The molecule has 1 amide bonds. The molecule has 0 aliphatic heterocycles. The molecule has 10 heteroatoms. The summed E-state index contributed by atoms with van der Waals surface area (Å²) in [4.78, 5) is 12.6. The van der Waals surface area contributed by atoms with E-state index in [2.05, 4.69) is 10.5 Å². The zero-order chi connectivity index (χ0) is 23.8. The zero-order valence-electron chi connectivity index (χ0n) is 17.6. The van der Waals surface area contributed by atoms with Crippen molar-refractivity contribution >= 4 is 51.0 Å². The fraction of sp³-hybridized carbons (Fsp3) is 0.130. The number of benzene rings is 3. The van der Waals surface area contributed by atoms with Crippen LogP contribution in [0.2, 0.25) is 10.0 Å². The largest absolute Gasteiger partial charge is 0.494 e. The maximum atomic E-state index is 13.3. The maximum absolute atomic E-state index is 13.3. The first-order chi connectivity index (χ1) is 15.8. The Labute approximate surface area is 202 Å². The number of hydrogen-bond donors (Lipinski definition) is 1. The summed E-state index contributed by atoms with van der Waals surface area (Å²) < 4.78 is 33.1. The molecule has 0 saturated carbocycles. The molecular weight excluding hydrogens is 485 g/mol. The van der Waals surface area contributed by atoms with Crippen LogP contribution in [-0.2, 0) is 14.8 Å². The van der Waals surface area contributed by atoms with Crippen LogP contribution in [-0.4, -0.2) is 33.7 Å². The molecule has 0 aliphatic carbocycles. The second kappa shape index (κ2) is 11.2. The summed E-state index contributed by atoms with van der Waals surface area (Å²) in [6.45, 7) is 1.83. The zero-order valence-corrected chi connectivity index (χ0v) is 19.9. The number of para-hydroxylation sites is 1. The molecule has 0 heterocycles. The van der Waals surface area contributed by atoms with Crippen LogP contribution in [0.5, 0.6) is 5.75 Å². The van der Waals surface area contributed by atoms with Crippen LogP contribution >= 0.6 is 23.2 Å². The molecule has 33 heavy (non-hydrogen) atoms. The molecule has 3 aromatic carbocycles. The van der Waals surface area contributed by atoms with Crippen LogP contribution in [0.15, 0.2) is 82.8 Å². The minimum Gasteiger partial charge on any atom is -0.494 e. The molecule has 1 N–H and O–H groups in total. The third-order valence-electron chi connectivity index (χ3n) is 4.40. The number of hydrogen-bond acceptors (Lipinski definition) is 5. The van der Waals surface area contributed by atoms with Crippen molar-refractivity contribution in [3.05, 3.63) is 88.4 Å². The highest BCUT2D eigenvalue weighted by Crippen LogP contribution is 2.25. The number of nitrogens with one attached hydrogen (secondary N) is 1. The van der Waals surface area contributed by atoms with E-state index in [1.807, 2.05) is 6.92 Å². The Morgan fingerprint density at radius 2 is 1.73 bits per heavy atom. The number of ether oxygens (including phenoxy) is 1. The highest BCUT2D eigenvalue weighted by atomic mass is 35.5. The van der Waals surface area contributed by atoms with E-state index in [1.165, 1.54) is 18.3 Å². The van der Waals surface area contributed by atoms with Gasteiger partial charge in [-0.25, -0.2) is 13.8 Å². The van der Waals surface area contributed by atoms with Crippen LogP contribution in [0.4, 0.5) is 5.69 Å². The summed E-state index contributed by atoms with van der Waals surface area (Å²) in [6.07, 6.45) is 1.38. The monoisotopic (exact) mass is 505 g/mol. The molecule has 3 rings (SSSR count). The van der Waals surface area contributed by atoms with Crippen LogP contribution in [0.1, 0.15) is 12.5 Å². The summed E-state index contributed by atoms with van der Waals surface area (Å²) in [6, 6.07) is 19.3. The lowest BCUT2D eigenvalue weighted by molar-refractivity contribution is -0.119. The molecule has 0 aliphatic rings. The maximum Gasteiger partial charge on any atom is 0.264 e. The van der Waals surface area contributed by atoms with Crippen LogP contribution in [0.3, 0.4) is 0 Å². The number of carbonyl (C=O) groups excluding carboxylic acids is 1. The lowest BCUT2D eigenvalue weighted by Gasteiger charge is -2.23. The fourth-order valence-corrected chi connectivity index (χ4v) is 4.58. The molecule has 0 fully saturated rings. The number of carbonyl (C=O) groups is 1. The van der Waals surface area contributed by atoms with Gasteiger partial charge in [-0.3, -0.25) is 9.10 Å². The minimum absolute atomic E-state index is 0.0295. The van der Waals surface area contributed by atoms with E-state index in [9.17, 15) is 13.2 Å². The molecule has 172 valence electrons. The van der Waals surface area contributed by atoms with E-state index in [1.54, 1.807) is 60.7 Å². The Morgan fingerprint density at radius 3 is 2.36 bits per heavy atom. The van der Waals surface area contributed by atoms with Crippen LogP contribution < -0.4 is 14.5 Å². The average Bonchev–Trinajstić information content (AvgIpc) is 2.81. The van der Waals surface area contributed by atoms with E-state index < -0.39 is 22.5 Å². The fourth-order valence-electron chi connectivity index (χ4n) is 2.85. The van der Waals surface area contributed by atoms with E-state index in [4.69, 9.17) is 27.9 Å². The molecule has 0 atom stereocenters. The van der Waals surface area contributed by atoms with Gasteiger partial charge in [-0.1, -0.05) is 47.5 Å². The third-order valence-corrected chi connectivity index (χ3v) is 6.93. The van der Waals surface area contributed by atoms with E-state index in [0.717, 1.165) is 4.31 Å². The molecule has 0 radical (unpaired) electrons. The Bertz CT molecular complexity index is 1230. The number of rotatable bonds is 9. The van der Waals surface area contributed by atoms with E-state index in [-0.39, 0.29) is 4.90 Å². The van der Waals surface area contributed by atoms with Crippen molar-refractivity contribution in [2.24, 2.45) is 5.10 Å². The van der Waals surface area contributed by atoms with E-state index in [0.29, 0.717) is 33.7 Å².